The van der Waals surface area contributed by atoms with Crippen molar-refractivity contribution in [3.63, 3.8) is 0 Å². The Morgan fingerprint density at radius 1 is 1.60 bits per heavy atom. The van der Waals surface area contributed by atoms with E-state index >= 15 is 0 Å². The van der Waals surface area contributed by atoms with Gasteiger partial charge in [-0.3, -0.25) is 0 Å². The number of nitrogens with zero attached hydrogens (tertiary/aromatic N) is 2. The Bertz CT molecular complexity index is 165. The number of aliphatic hydroxyl groups excluding tert-OH is 2. The third-order valence-electron chi connectivity index (χ3n) is 1.31. The van der Waals surface area contributed by atoms with Gasteiger partial charge in [-0.1, -0.05) is 6.08 Å². The van der Waals surface area contributed by atoms with E-state index in [1.165, 1.54) is 5.01 Å². The smallest absolute Gasteiger partial charge is 0.136 e. The second kappa shape index (κ2) is 3.34. The van der Waals surface area contributed by atoms with Crippen molar-refractivity contribution < 1.29 is 10.2 Å². The number of allylic oxidation sites excluding steroid dienone is 1. The zero-order valence-electron chi connectivity index (χ0n) is 5.56. The lowest BCUT2D eigenvalue weighted by molar-refractivity contribution is 0.125. The molecule has 0 bridgehead atoms. The first kappa shape index (κ1) is 7.24. The Kier molecular flexibility index (Phi) is 2.42. The van der Waals surface area contributed by atoms with Crippen molar-refractivity contribution in [1.82, 2.24) is 5.01 Å². The second-order valence-corrected chi connectivity index (χ2v) is 1.93. The van der Waals surface area contributed by atoms with Crippen LogP contribution in [0.3, 0.4) is 0 Å². The molecule has 1 aliphatic heterocycles. The molecular formula is C6H10N2O2. The van der Waals surface area contributed by atoms with Crippen molar-refractivity contribution in [2.24, 2.45) is 5.10 Å². The van der Waals surface area contributed by atoms with Gasteiger partial charge in [0.25, 0.3) is 0 Å². The quantitative estimate of drug-likeness (QED) is 0.546. The van der Waals surface area contributed by atoms with E-state index < -0.39 is 0 Å². The van der Waals surface area contributed by atoms with E-state index in [1.54, 1.807) is 6.21 Å². The molecule has 0 amide bonds. The van der Waals surface area contributed by atoms with Gasteiger partial charge in [0, 0.05) is 12.6 Å². The van der Waals surface area contributed by atoms with E-state index in [2.05, 4.69) is 5.10 Å². The number of hydrogen-bond donors (Lipinski definition) is 2. The van der Waals surface area contributed by atoms with E-state index in [9.17, 15) is 0 Å². The van der Waals surface area contributed by atoms with Crippen molar-refractivity contribution in [2.45, 2.75) is 6.42 Å². The maximum Gasteiger partial charge on any atom is 0.136 e. The first-order chi connectivity index (χ1) is 4.88. The fourth-order valence-corrected chi connectivity index (χ4v) is 0.787. The van der Waals surface area contributed by atoms with Gasteiger partial charge >= 0.3 is 0 Å². The molecule has 0 aliphatic carbocycles. The van der Waals surface area contributed by atoms with E-state index in [-0.39, 0.29) is 13.3 Å². The van der Waals surface area contributed by atoms with Gasteiger partial charge in [-0.25, -0.2) is 5.01 Å². The van der Waals surface area contributed by atoms with Crippen LogP contribution in [0.4, 0.5) is 0 Å². The van der Waals surface area contributed by atoms with Crippen LogP contribution in [-0.2, 0) is 0 Å². The Labute approximate surface area is 59.1 Å². The van der Waals surface area contributed by atoms with Crippen LogP contribution in [0, 0.1) is 0 Å². The molecule has 0 aromatic carbocycles. The van der Waals surface area contributed by atoms with Crippen molar-refractivity contribution in [2.75, 3.05) is 13.3 Å². The summed E-state index contributed by atoms with van der Waals surface area (Å²) in [4.78, 5) is 0. The molecule has 0 spiro atoms. The third kappa shape index (κ3) is 1.34. The predicted molar refractivity (Wildman–Crippen MR) is 37.2 cm³/mol. The van der Waals surface area contributed by atoms with Crippen molar-refractivity contribution in [1.29, 1.82) is 0 Å². The molecule has 56 valence electrons. The Morgan fingerprint density at radius 2 is 2.40 bits per heavy atom. The molecule has 1 aliphatic rings. The first-order valence-electron chi connectivity index (χ1n) is 3.09. The van der Waals surface area contributed by atoms with Gasteiger partial charge in [-0.15, -0.1) is 0 Å². The molecule has 0 aromatic heterocycles. The number of rotatable bonds is 2. The van der Waals surface area contributed by atoms with Gasteiger partial charge in [-0.05, 0) is 0 Å². The molecule has 0 atom stereocenters. The lowest BCUT2D eigenvalue weighted by Crippen LogP contribution is -2.22. The molecule has 0 aromatic rings. The van der Waals surface area contributed by atoms with Crippen molar-refractivity contribution in [3.05, 3.63) is 11.8 Å². The summed E-state index contributed by atoms with van der Waals surface area (Å²) in [5.74, 6) is 0. The topological polar surface area (TPSA) is 56.1 Å². The summed E-state index contributed by atoms with van der Waals surface area (Å²) in [6.45, 7) is -0.249. The number of hydrogen-bond acceptors (Lipinski definition) is 4. The normalized spacial score (nSPS) is 17.4. The largest absolute Gasteiger partial charge is 0.390 e. The fraction of sp³-hybridized carbons (Fsp3) is 0.500. The maximum absolute atomic E-state index is 8.70. The standard InChI is InChI=1S/C6H10N2O2/c9-4-6-2-1-3-7-8(6)5-10/h2-3,9-10H,1,4-5H2. The Morgan fingerprint density at radius 3 is 2.90 bits per heavy atom. The fourth-order valence-electron chi connectivity index (χ4n) is 0.787. The monoisotopic (exact) mass is 142 g/mol. The summed E-state index contributed by atoms with van der Waals surface area (Å²) >= 11 is 0. The third-order valence-corrected chi connectivity index (χ3v) is 1.31. The molecule has 0 unspecified atom stereocenters. The molecule has 0 radical (unpaired) electrons. The zero-order chi connectivity index (χ0) is 7.40. The molecule has 10 heavy (non-hydrogen) atoms. The summed E-state index contributed by atoms with van der Waals surface area (Å²) in [7, 11) is 0. The van der Waals surface area contributed by atoms with Crippen LogP contribution in [0.2, 0.25) is 0 Å². The van der Waals surface area contributed by atoms with E-state index in [4.69, 9.17) is 10.2 Å². The molecule has 1 heterocycles. The second-order valence-electron chi connectivity index (χ2n) is 1.93. The highest BCUT2D eigenvalue weighted by atomic mass is 16.3. The average molecular weight is 142 g/mol. The Hall–Kier alpha value is -0.870. The number of hydrazone groups is 1. The minimum absolute atomic E-state index is 0.0715. The van der Waals surface area contributed by atoms with Gasteiger partial charge in [0.15, 0.2) is 0 Å². The van der Waals surface area contributed by atoms with Crippen LogP contribution in [-0.4, -0.2) is 34.8 Å². The first-order valence-corrected chi connectivity index (χ1v) is 3.09. The lowest BCUT2D eigenvalue weighted by Gasteiger charge is -2.20. The summed E-state index contributed by atoms with van der Waals surface area (Å²) in [5.41, 5.74) is 0.657. The molecule has 4 nitrogen and oxygen atoms in total. The highest BCUT2D eigenvalue weighted by molar-refractivity contribution is 5.60. The molecular weight excluding hydrogens is 132 g/mol. The highest BCUT2D eigenvalue weighted by Crippen LogP contribution is 2.07. The minimum Gasteiger partial charge on any atom is -0.390 e. The van der Waals surface area contributed by atoms with E-state index in [0.29, 0.717) is 5.70 Å². The lowest BCUT2D eigenvalue weighted by atomic mass is 10.3. The average Bonchev–Trinajstić information content (AvgIpc) is 2.04. The number of aliphatic hydroxyl groups is 2. The molecule has 2 N–H and O–H groups in total. The van der Waals surface area contributed by atoms with Crippen LogP contribution < -0.4 is 0 Å². The van der Waals surface area contributed by atoms with Crippen molar-refractivity contribution >= 4 is 6.21 Å². The predicted octanol–water partition coefficient (Wildman–Crippen LogP) is -0.496. The highest BCUT2D eigenvalue weighted by Gasteiger charge is 2.06. The van der Waals surface area contributed by atoms with Crippen LogP contribution in [0.25, 0.3) is 0 Å². The SMILES string of the molecule is OCC1=CCC=NN1CO. The summed E-state index contributed by atoms with van der Waals surface area (Å²) < 4.78 is 0. The van der Waals surface area contributed by atoms with Crippen LogP contribution in [0.15, 0.2) is 16.9 Å². The van der Waals surface area contributed by atoms with Gasteiger partial charge < -0.3 is 10.2 Å². The van der Waals surface area contributed by atoms with E-state index in [1.807, 2.05) is 6.08 Å². The molecule has 0 saturated carbocycles. The van der Waals surface area contributed by atoms with Crippen molar-refractivity contribution in [3.8, 4) is 0 Å². The molecule has 1 rings (SSSR count). The molecule has 0 fully saturated rings. The molecule has 0 saturated heterocycles. The van der Waals surface area contributed by atoms with Gasteiger partial charge in [0.05, 0.1) is 12.3 Å². The summed E-state index contributed by atoms with van der Waals surface area (Å²) in [5, 5.41) is 22.5. The minimum atomic E-state index is -0.178. The summed E-state index contributed by atoms with van der Waals surface area (Å²) in [6.07, 6.45) is 4.23. The van der Waals surface area contributed by atoms with Gasteiger partial charge in [0.2, 0.25) is 0 Å². The van der Waals surface area contributed by atoms with Gasteiger partial charge in [0.1, 0.15) is 6.73 Å². The summed E-state index contributed by atoms with van der Waals surface area (Å²) in [6, 6.07) is 0. The van der Waals surface area contributed by atoms with Crippen LogP contribution in [0.1, 0.15) is 6.42 Å². The Balaban J connectivity index is 2.59. The zero-order valence-corrected chi connectivity index (χ0v) is 5.56. The van der Waals surface area contributed by atoms with Gasteiger partial charge in [-0.2, -0.15) is 5.10 Å². The molecule has 4 heteroatoms. The van der Waals surface area contributed by atoms with Crippen LogP contribution >= 0.6 is 0 Å². The maximum atomic E-state index is 8.70. The van der Waals surface area contributed by atoms with E-state index in [0.717, 1.165) is 6.42 Å². The van der Waals surface area contributed by atoms with Crippen LogP contribution in [0.5, 0.6) is 0 Å².